The first-order valence-electron chi connectivity index (χ1n) is 5.87. The number of thioether (sulfide) groups is 1. The zero-order valence-corrected chi connectivity index (χ0v) is 11.9. The number of hydrogen-bond donors (Lipinski definition) is 1. The molecule has 1 rings (SSSR count). The van der Waals surface area contributed by atoms with Crippen LogP contribution in [0.1, 0.15) is 33.3 Å². The molecule has 1 aromatic carbocycles. The molecule has 0 aromatic heterocycles. The Kier molecular flexibility index (Phi) is 5.61. The molecule has 0 unspecified atom stereocenters. The van der Waals surface area contributed by atoms with E-state index in [-0.39, 0.29) is 5.54 Å². The molecule has 0 aliphatic carbocycles. The van der Waals surface area contributed by atoms with Crippen molar-refractivity contribution >= 4 is 11.8 Å². The first-order valence-corrected chi connectivity index (χ1v) is 6.86. The molecule has 17 heavy (non-hydrogen) atoms. The van der Waals surface area contributed by atoms with Gasteiger partial charge in [-0.1, -0.05) is 18.1 Å². The van der Waals surface area contributed by atoms with Crippen molar-refractivity contribution < 1.29 is 0 Å². The molecule has 0 atom stereocenters. The SMILES string of the molecule is CC#CCSc1ccc(CNC(C)(C)C)cc1. The Hall–Kier alpha value is -0.910. The minimum Gasteiger partial charge on any atom is -0.308 e. The summed E-state index contributed by atoms with van der Waals surface area (Å²) in [6.45, 7) is 9.34. The van der Waals surface area contributed by atoms with Gasteiger partial charge in [0.1, 0.15) is 0 Å². The first kappa shape index (κ1) is 14.2. The molecular formula is C15H21NS. The van der Waals surface area contributed by atoms with E-state index in [4.69, 9.17) is 0 Å². The van der Waals surface area contributed by atoms with E-state index < -0.39 is 0 Å². The summed E-state index contributed by atoms with van der Waals surface area (Å²) in [5.41, 5.74) is 1.50. The molecule has 0 aliphatic rings. The van der Waals surface area contributed by atoms with Crippen LogP contribution in [0.25, 0.3) is 0 Å². The maximum absolute atomic E-state index is 3.48. The van der Waals surface area contributed by atoms with Gasteiger partial charge in [-0.3, -0.25) is 0 Å². The van der Waals surface area contributed by atoms with Crippen molar-refractivity contribution in [1.29, 1.82) is 0 Å². The number of benzene rings is 1. The van der Waals surface area contributed by atoms with Crippen molar-refractivity contribution in [1.82, 2.24) is 5.32 Å². The molecule has 0 heterocycles. The average molecular weight is 247 g/mol. The molecule has 0 spiro atoms. The fourth-order valence-corrected chi connectivity index (χ4v) is 1.97. The molecule has 0 amide bonds. The number of nitrogens with one attached hydrogen (secondary N) is 1. The lowest BCUT2D eigenvalue weighted by Crippen LogP contribution is -2.35. The van der Waals surface area contributed by atoms with E-state index >= 15 is 0 Å². The quantitative estimate of drug-likeness (QED) is 0.643. The highest BCUT2D eigenvalue weighted by Crippen LogP contribution is 2.18. The van der Waals surface area contributed by atoms with Crippen LogP contribution in [0.15, 0.2) is 29.2 Å². The molecule has 1 nitrogen and oxygen atoms in total. The second kappa shape index (κ2) is 6.74. The highest BCUT2D eigenvalue weighted by atomic mass is 32.2. The number of hydrogen-bond acceptors (Lipinski definition) is 2. The van der Waals surface area contributed by atoms with Gasteiger partial charge in [-0.2, -0.15) is 0 Å². The third kappa shape index (κ3) is 6.41. The van der Waals surface area contributed by atoms with E-state index in [1.807, 2.05) is 6.92 Å². The summed E-state index contributed by atoms with van der Waals surface area (Å²) in [5, 5.41) is 3.48. The molecule has 0 saturated carbocycles. The maximum atomic E-state index is 3.48. The summed E-state index contributed by atoms with van der Waals surface area (Å²) >= 11 is 1.78. The van der Waals surface area contributed by atoms with E-state index in [0.29, 0.717) is 0 Å². The van der Waals surface area contributed by atoms with Gasteiger partial charge in [-0.05, 0) is 45.4 Å². The molecule has 0 saturated heterocycles. The zero-order chi connectivity index (χ0) is 12.7. The van der Waals surface area contributed by atoms with Gasteiger partial charge < -0.3 is 5.32 Å². The van der Waals surface area contributed by atoms with Gasteiger partial charge in [0.25, 0.3) is 0 Å². The first-order chi connectivity index (χ1) is 8.01. The van der Waals surface area contributed by atoms with Crippen molar-refractivity contribution in [2.75, 3.05) is 5.75 Å². The lowest BCUT2D eigenvalue weighted by atomic mass is 10.1. The van der Waals surface area contributed by atoms with Crippen LogP contribution in [0, 0.1) is 11.8 Å². The van der Waals surface area contributed by atoms with Crippen LogP contribution in [-0.2, 0) is 6.54 Å². The van der Waals surface area contributed by atoms with Crippen LogP contribution in [0.2, 0.25) is 0 Å². The molecule has 0 fully saturated rings. The van der Waals surface area contributed by atoms with Crippen LogP contribution >= 0.6 is 11.8 Å². The lowest BCUT2D eigenvalue weighted by molar-refractivity contribution is 0.424. The molecule has 2 heteroatoms. The summed E-state index contributed by atoms with van der Waals surface area (Å²) in [5.74, 6) is 6.83. The van der Waals surface area contributed by atoms with Crippen molar-refractivity contribution in [3.8, 4) is 11.8 Å². The van der Waals surface area contributed by atoms with Crippen molar-refractivity contribution in [3.63, 3.8) is 0 Å². The van der Waals surface area contributed by atoms with Crippen LogP contribution < -0.4 is 5.32 Å². The standard InChI is InChI=1S/C15H21NS/c1-5-6-11-17-14-9-7-13(8-10-14)12-16-15(2,3)4/h7-10,16H,11-12H2,1-4H3. The molecule has 0 radical (unpaired) electrons. The van der Waals surface area contributed by atoms with Gasteiger partial charge in [0, 0.05) is 17.0 Å². The van der Waals surface area contributed by atoms with Gasteiger partial charge >= 0.3 is 0 Å². The minimum atomic E-state index is 0.171. The molecule has 1 aromatic rings. The third-order valence-electron chi connectivity index (χ3n) is 2.23. The van der Waals surface area contributed by atoms with E-state index in [1.54, 1.807) is 11.8 Å². The molecule has 0 aliphatic heterocycles. The highest BCUT2D eigenvalue weighted by Gasteiger charge is 2.07. The number of rotatable bonds is 4. The minimum absolute atomic E-state index is 0.171. The summed E-state index contributed by atoms with van der Waals surface area (Å²) in [4.78, 5) is 1.28. The second-order valence-electron chi connectivity index (χ2n) is 4.96. The Morgan fingerprint density at radius 2 is 1.82 bits per heavy atom. The summed E-state index contributed by atoms with van der Waals surface area (Å²) in [7, 11) is 0. The smallest absolute Gasteiger partial charge is 0.0594 e. The van der Waals surface area contributed by atoms with Crippen molar-refractivity contribution in [2.45, 2.75) is 44.7 Å². The van der Waals surface area contributed by atoms with Crippen LogP contribution in [-0.4, -0.2) is 11.3 Å². The average Bonchev–Trinajstić information content (AvgIpc) is 2.27. The van der Waals surface area contributed by atoms with Crippen molar-refractivity contribution in [3.05, 3.63) is 29.8 Å². The largest absolute Gasteiger partial charge is 0.308 e. The Labute approximate surface area is 109 Å². The maximum Gasteiger partial charge on any atom is 0.0594 e. The molecule has 0 bridgehead atoms. The normalized spacial score (nSPS) is 10.8. The van der Waals surface area contributed by atoms with E-state index in [1.165, 1.54) is 10.5 Å². The summed E-state index contributed by atoms with van der Waals surface area (Å²) in [6, 6.07) is 8.70. The predicted octanol–water partition coefficient (Wildman–Crippen LogP) is 3.69. The monoisotopic (exact) mass is 247 g/mol. The summed E-state index contributed by atoms with van der Waals surface area (Å²) in [6.07, 6.45) is 0. The zero-order valence-electron chi connectivity index (χ0n) is 11.1. The molecular weight excluding hydrogens is 226 g/mol. The fourth-order valence-electron chi connectivity index (χ4n) is 1.26. The Balaban J connectivity index is 2.46. The highest BCUT2D eigenvalue weighted by molar-refractivity contribution is 7.99. The third-order valence-corrected chi connectivity index (χ3v) is 3.13. The van der Waals surface area contributed by atoms with Crippen molar-refractivity contribution in [2.24, 2.45) is 0 Å². The van der Waals surface area contributed by atoms with Gasteiger partial charge in [0.2, 0.25) is 0 Å². The van der Waals surface area contributed by atoms with Crippen LogP contribution in [0.5, 0.6) is 0 Å². The van der Waals surface area contributed by atoms with Crippen LogP contribution in [0.3, 0.4) is 0 Å². The molecule has 92 valence electrons. The fraction of sp³-hybridized carbons (Fsp3) is 0.467. The van der Waals surface area contributed by atoms with Gasteiger partial charge in [-0.15, -0.1) is 17.7 Å². The topological polar surface area (TPSA) is 12.0 Å². The molecule has 1 N–H and O–H groups in total. The Bertz CT molecular complexity index is 390. The second-order valence-corrected chi connectivity index (χ2v) is 6.01. The van der Waals surface area contributed by atoms with E-state index in [2.05, 4.69) is 62.2 Å². The van der Waals surface area contributed by atoms with Gasteiger partial charge in [-0.25, -0.2) is 0 Å². The van der Waals surface area contributed by atoms with Crippen LogP contribution in [0.4, 0.5) is 0 Å². The Morgan fingerprint density at radius 3 is 2.35 bits per heavy atom. The lowest BCUT2D eigenvalue weighted by Gasteiger charge is -2.20. The predicted molar refractivity (Wildman–Crippen MR) is 77.2 cm³/mol. The Morgan fingerprint density at radius 1 is 1.18 bits per heavy atom. The van der Waals surface area contributed by atoms with Gasteiger partial charge in [0.15, 0.2) is 0 Å². The van der Waals surface area contributed by atoms with E-state index in [0.717, 1.165) is 12.3 Å². The van der Waals surface area contributed by atoms with Gasteiger partial charge in [0.05, 0.1) is 5.75 Å². The summed E-state index contributed by atoms with van der Waals surface area (Å²) < 4.78 is 0. The van der Waals surface area contributed by atoms with E-state index in [9.17, 15) is 0 Å².